The van der Waals surface area contributed by atoms with Crippen LogP contribution in [-0.4, -0.2) is 53.2 Å². The van der Waals surface area contributed by atoms with E-state index in [1.165, 1.54) is 16.8 Å². The van der Waals surface area contributed by atoms with Gasteiger partial charge in [0.15, 0.2) is 0 Å². The molecule has 1 aromatic carbocycles. The maximum Gasteiger partial charge on any atom is 0.226 e. The number of benzene rings is 1. The smallest absolute Gasteiger partial charge is 0.226 e. The van der Waals surface area contributed by atoms with Crippen molar-refractivity contribution >= 4 is 23.4 Å². The van der Waals surface area contributed by atoms with Gasteiger partial charge in [0.1, 0.15) is 0 Å². The molecule has 5 heteroatoms. The van der Waals surface area contributed by atoms with Crippen molar-refractivity contribution in [2.24, 2.45) is 10.9 Å². The molecule has 6 rings (SSSR count). The van der Waals surface area contributed by atoms with Gasteiger partial charge in [-0.05, 0) is 73.6 Å². The SMILES string of the molecule is O=C(C1CC1)N1C[C@@H]2C[C@H]1CN2c1ccc(C=C2CCCN=C2c2cccnc2)cc1. The molecule has 0 spiro atoms. The zero-order valence-electron chi connectivity index (χ0n) is 17.8. The van der Waals surface area contributed by atoms with Crippen LogP contribution in [0.25, 0.3) is 6.08 Å². The minimum Gasteiger partial charge on any atom is -0.365 e. The summed E-state index contributed by atoms with van der Waals surface area (Å²) in [6.45, 7) is 2.76. The number of anilines is 1. The summed E-state index contributed by atoms with van der Waals surface area (Å²) >= 11 is 0. The molecule has 2 bridgehead atoms. The molecular weight excluding hydrogens is 384 g/mol. The number of fused-ring (bicyclic) bond motifs is 2. The van der Waals surface area contributed by atoms with Crippen LogP contribution in [0.3, 0.4) is 0 Å². The van der Waals surface area contributed by atoms with E-state index in [0.717, 1.165) is 63.0 Å². The topological polar surface area (TPSA) is 48.8 Å². The highest BCUT2D eigenvalue weighted by Crippen LogP contribution is 2.39. The quantitative estimate of drug-likeness (QED) is 0.764. The maximum absolute atomic E-state index is 12.5. The van der Waals surface area contributed by atoms with Crippen molar-refractivity contribution in [2.45, 2.75) is 44.2 Å². The van der Waals surface area contributed by atoms with Crippen molar-refractivity contribution in [3.63, 3.8) is 0 Å². The molecule has 0 N–H and O–H groups in total. The highest BCUT2D eigenvalue weighted by Gasteiger charge is 2.48. The molecule has 158 valence electrons. The summed E-state index contributed by atoms with van der Waals surface area (Å²) in [5.74, 6) is 0.743. The van der Waals surface area contributed by atoms with Crippen LogP contribution in [0, 0.1) is 5.92 Å². The van der Waals surface area contributed by atoms with Gasteiger partial charge >= 0.3 is 0 Å². The zero-order chi connectivity index (χ0) is 20.8. The van der Waals surface area contributed by atoms with Crippen LogP contribution in [-0.2, 0) is 4.79 Å². The monoisotopic (exact) mass is 412 g/mol. The Kier molecular flexibility index (Phi) is 4.62. The van der Waals surface area contributed by atoms with Gasteiger partial charge in [-0.25, -0.2) is 0 Å². The fourth-order valence-corrected chi connectivity index (χ4v) is 5.38. The summed E-state index contributed by atoms with van der Waals surface area (Å²) in [4.78, 5) is 26.2. The second-order valence-corrected chi connectivity index (χ2v) is 9.30. The lowest BCUT2D eigenvalue weighted by Crippen LogP contribution is -2.49. The second kappa shape index (κ2) is 7.63. The molecule has 31 heavy (non-hydrogen) atoms. The van der Waals surface area contributed by atoms with Crippen LogP contribution in [0.2, 0.25) is 0 Å². The first-order valence-electron chi connectivity index (χ1n) is 11.6. The molecule has 2 saturated heterocycles. The van der Waals surface area contributed by atoms with E-state index in [0.29, 0.717) is 23.9 Å². The Morgan fingerprint density at radius 1 is 1.06 bits per heavy atom. The van der Waals surface area contributed by atoms with Crippen molar-refractivity contribution < 1.29 is 4.79 Å². The summed E-state index contributed by atoms with van der Waals surface area (Å²) in [7, 11) is 0. The molecule has 0 unspecified atom stereocenters. The lowest BCUT2D eigenvalue weighted by atomic mass is 9.95. The maximum atomic E-state index is 12.5. The summed E-state index contributed by atoms with van der Waals surface area (Å²) in [5.41, 5.74) is 5.97. The lowest BCUT2D eigenvalue weighted by Gasteiger charge is -2.35. The molecule has 4 heterocycles. The molecule has 2 atom stereocenters. The number of hydrogen-bond acceptors (Lipinski definition) is 4. The lowest BCUT2D eigenvalue weighted by molar-refractivity contribution is -0.133. The molecule has 3 fully saturated rings. The number of allylic oxidation sites excluding steroid dienone is 1. The molecule has 5 nitrogen and oxygen atoms in total. The third-order valence-corrected chi connectivity index (χ3v) is 7.13. The molecule has 1 amide bonds. The predicted octanol–water partition coefficient (Wildman–Crippen LogP) is 3.95. The van der Waals surface area contributed by atoms with E-state index in [-0.39, 0.29) is 0 Å². The number of piperazine rings is 1. The number of nitrogens with zero attached hydrogens (tertiary/aromatic N) is 4. The van der Waals surface area contributed by atoms with Crippen molar-refractivity contribution in [3.05, 3.63) is 65.5 Å². The third-order valence-electron chi connectivity index (χ3n) is 7.13. The fraction of sp³-hybridized carbons (Fsp3) is 0.423. The van der Waals surface area contributed by atoms with Gasteiger partial charge in [-0.3, -0.25) is 14.8 Å². The van der Waals surface area contributed by atoms with Gasteiger partial charge in [-0.2, -0.15) is 0 Å². The van der Waals surface area contributed by atoms with E-state index < -0.39 is 0 Å². The van der Waals surface area contributed by atoms with Gasteiger partial charge in [0.25, 0.3) is 0 Å². The Balaban J connectivity index is 1.17. The number of hydrogen-bond donors (Lipinski definition) is 0. The van der Waals surface area contributed by atoms with Gasteiger partial charge in [0, 0.05) is 55.2 Å². The summed E-state index contributed by atoms with van der Waals surface area (Å²) in [6.07, 6.45) is 11.5. The Hall–Kier alpha value is -2.95. The Morgan fingerprint density at radius 2 is 1.94 bits per heavy atom. The number of aliphatic imine (C=N–C) groups is 1. The first-order valence-corrected chi connectivity index (χ1v) is 11.6. The van der Waals surface area contributed by atoms with Gasteiger partial charge in [-0.1, -0.05) is 12.1 Å². The normalized spacial score (nSPS) is 26.5. The number of amides is 1. The number of likely N-dealkylation sites (tertiary alicyclic amines) is 1. The van der Waals surface area contributed by atoms with Gasteiger partial charge < -0.3 is 9.80 Å². The van der Waals surface area contributed by atoms with Crippen molar-refractivity contribution in [1.82, 2.24) is 9.88 Å². The number of rotatable bonds is 4. The van der Waals surface area contributed by atoms with Crippen LogP contribution in [0.15, 0.2) is 59.4 Å². The predicted molar refractivity (Wildman–Crippen MR) is 123 cm³/mol. The van der Waals surface area contributed by atoms with Crippen molar-refractivity contribution in [3.8, 4) is 0 Å². The van der Waals surface area contributed by atoms with Crippen LogP contribution in [0.5, 0.6) is 0 Å². The molecule has 1 aliphatic carbocycles. The van der Waals surface area contributed by atoms with Gasteiger partial charge in [0.05, 0.1) is 11.8 Å². The average Bonchev–Trinajstić information content (AvgIpc) is 3.48. The molecular formula is C26H28N4O. The molecule has 3 aliphatic heterocycles. The number of carbonyl (C=O) groups is 1. The van der Waals surface area contributed by atoms with Gasteiger partial charge in [0.2, 0.25) is 5.91 Å². The van der Waals surface area contributed by atoms with E-state index in [1.54, 1.807) is 6.20 Å². The fourth-order valence-electron chi connectivity index (χ4n) is 5.38. The minimum atomic E-state index is 0.333. The van der Waals surface area contributed by atoms with E-state index in [4.69, 9.17) is 4.99 Å². The van der Waals surface area contributed by atoms with E-state index in [9.17, 15) is 4.79 Å². The molecule has 1 saturated carbocycles. The Labute approximate surface area is 183 Å². The van der Waals surface area contributed by atoms with Crippen LogP contribution in [0.4, 0.5) is 5.69 Å². The molecule has 4 aliphatic rings. The van der Waals surface area contributed by atoms with Crippen LogP contribution >= 0.6 is 0 Å². The summed E-state index contributed by atoms with van der Waals surface area (Å²) < 4.78 is 0. The average molecular weight is 413 g/mol. The Morgan fingerprint density at radius 3 is 2.65 bits per heavy atom. The second-order valence-electron chi connectivity index (χ2n) is 9.30. The number of pyridine rings is 1. The highest BCUT2D eigenvalue weighted by atomic mass is 16.2. The van der Waals surface area contributed by atoms with E-state index in [1.807, 2.05) is 12.3 Å². The Bertz CT molecular complexity index is 1040. The standard InChI is InChI=1S/C26H28N4O/c31-26(19-7-8-19)30-17-23-14-24(30)16-29(23)22-9-5-18(6-10-22)13-20-3-2-12-28-25(20)21-4-1-11-27-15-21/h1,4-6,9-11,13,15,19,23-24H,2-3,7-8,12,14,16-17H2/t23-,24-/m0/s1. The van der Waals surface area contributed by atoms with E-state index >= 15 is 0 Å². The first-order chi connectivity index (χ1) is 15.3. The molecule has 2 aromatic rings. The van der Waals surface area contributed by atoms with E-state index in [2.05, 4.69) is 51.2 Å². The van der Waals surface area contributed by atoms with Crippen LogP contribution < -0.4 is 4.90 Å². The number of carbonyl (C=O) groups excluding carboxylic acids is 1. The molecule has 0 radical (unpaired) electrons. The summed E-state index contributed by atoms with van der Waals surface area (Å²) in [6, 6.07) is 13.9. The third kappa shape index (κ3) is 3.56. The largest absolute Gasteiger partial charge is 0.365 e. The minimum absolute atomic E-state index is 0.333. The summed E-state index contributed by atoms with van der Waals surface area (Å²) in [5, 5.41) is 0. The van der Waals surface area contributed by atoms with Gasteiger partial charge in [-0.15, -0.1) is 0 Å². The zero-order valence-corrected chi connectivity index (χ0v) is 17.8. The number of aromatic nitrogens is 1. The van der Waals surface area contributed by atoms with Crippen molar-refractivity contribution in [1.29, 1.82) is 0 Å². The highest BCUT2D eigenvalue weighted by molar-refractivity contribution is 6.15. The first kappa shape index (κ1) is 18.8. The van der Waals surface area contributed by atoms with Crippen molar-refractivity contribution in [2.75, 3.05) is 24.5 Å². The molecule has 1 aromatic heterocycles. The van der Waals surface area contributed by atoms with Crippen LogP contribution in [0.1, 0.15) is 43.2 Å².